The summed E-state index contributed by atoms with van der Waals surface area (Å²) < 4.78 is 18.6. The van der Waals surface area contributed by atoms with Crippen molar-refractivity contribution < 1.29 is 73.1 Å². The molecule has 0 unspecified atom stereocenters. The number of hydrogen-bond donors (Lipinski definition) is 0. The number of benzene rings is 3. The molecule has 0 saturated carbocycles. The molecule has 0 atom stereocenters. The Labute approximate surface area is 280 Å². The molecule has 0 aliphatic rings. The van der Waals surface area contributed by atoms with Crippen LogP contribution in [0.2, 0.25) is 0 Å². The maximum atomic E-state index is 6.19. The first-order valence-corrected chi connectivity index (χ1v) is 14.8. The van der Waals surface area contributed by atoms with E-state index >= 15 is 0 Å². The second kappa shape index (κ2) is 15.6. The molecule has 3 nitrogen and oxygen atoms in total. The van der Waals surface area contributed by atoms with Crippen LogP contribution in [0, 0.1) is 48.5 Å². The van der Waals surface area contributed by atoms with Crippen molar-refractivity contribution >= 4 is 28.8 Å². The van der Waals surface area contributed by atoms with Crippen LogP contribution in [-0.2, 0) is 21.7 Å². The zero-order valence-corrected chi connectivity index (χ0v) is 30.4. The van der Waals surface area contributed by atoms with Crippen LogP contribution in [0.25, 0.3) is 0 Å². The van der Waals surface area contributed by atoms with Gasteiger partial charge in [-0.2, -0.15) is 22.3 Å². The Hall–Kier alpha value is -1.79. The van der Waals surface area contributed by atoms with Crippen molar-refractivity contribution in [3.8, 4) is 17.2 Å². The molecule has 0 N–H and O–H groups in total. The molecule has 4 aromatic rings. The molecular weight excluding hydrogens is 627 g/mol. The summed E-state index contributed by atoms with van der Waals surface area (Å²) in [7, 11) is 2.24. The summed E-state index contributed by atoms with van der Waals surface area (Å²) in [5.41, 5.74) is 8.98. The van der Waals surface area contributed by atoms with Gasteiger partial charge in [0.15, 0.2) is 0 Å². The van der Waals surface area contributed by atoms with E-state index < -0.39 is 8.07 Å². The minimum atomic E-state index is -3.10. The summed E-state index contributed by atoms with van der Waals surface area (Å²) in [5, 5.41) is 5.13. The minimum Gasteiger partial charge on any atom is -1.00 e. The number of halogens is 3. The fraction of sp³-hybridized carbons (Fsp3) is 0.303. The monoisotopic (exact) mass is 664 g/mol. The van der Waals surface area contributed by atoms with E-state index in [-0.39, 0.29) is 58.9 Å². The van der Waals surface area contributed by atoms with Crippen molar-refractivity contribution in [1.29, 1.82) is 0 Å². The van der Waals surface area contributed by atoms with Crippen LogP contribution in [0.3, 0.4) is 0 Å². The SMILES string of the molecule is COc1cccc(C)c1[Si](c1c(C)cccc1OC)(c1c(C)cccc1OC)[c-]1c(C)c(C)c(C)c1C.[Cl-].[Cl-].[Cl-].[Ti+4]. The van der Waals surface area contributed by atoms with Crippen molar-refractivity contribution in [3.05, 3.63) is 93.5 Å². The van der Waals surface area contributed by atoms with Gasteiger partial charge in [-0.25, -0.2) is 0 Å². The molecule has 0 aliphatic heterocycles. The van der Waals surface area contributed by atoms with Crippen LogP contribution in [-0.4, -0.2) is 29.4 Å². The normalized spacial score (nSPS) is 10.4. The van der Waals surface area contributed by atoms with E-state index in [2.05, 4.69) is 103 Å². The van der Waals surface area contributed by atoms with Crippen LogP contribution in [0.5, 0.6) is 17.2 Å². The van der Waals surface area contributed by atoms with E-state index in [0.717, 1.165) is 17.2 Å². The van der Waals surface area contributed by atoms with Crippen LogP contribution < -0.4 is 72.2 Å². The Balaban J connectivity index is 0.00000400. The summed E-state index contributed by atoms with van der Waals surface area (Å²) in [6, 6.07) is 19.2. The van der Waals surface area contributed by atoms with E-state index in [1.807, 2.05) is 0 Å². The Kier molecular flexibility index (Phi) is 14.9. The van der Waals surface area contributed by atoms with Crippen LogP contribution in [0.4, 0.5) is 0 Å². The molecule has 0 radical (unpaired) electrons. The number of rotatable bonds is 7. The smallest absolute Gasteiger partial charge is 1.00 e. The molecule has 0 bridgehead atoms. The fourth-order valence-electron chi connectivity index (χ4n) is 6.41. The van der Waals surface area contributed by atoms with Gasteiger partial charge in [0.1, 0.15) is 25.3 Å². The van der Waals surface area contributed by atoms with Gasteiger partial charge in [-0.15, -0.1) is 5.19 Å². The summed E-state index contributed by atoms with van der Waals surface area (Å²) in [5.74, 6) is 2.70. The van der Waals surface area contributed by atoms with Crippen molar-refractivity contribution in [2.45, 2.75) is 48.5 Å². The zero-order chi connectivity index (χ0) is 27.1. The maximum Gasteiger partial charge on any atom is 4.00 e. The predicted octanol–water partition coefficient (Wildman–Crippen LogP) is -4.02. The third-order valence-corrected chi connectivity index (χ3v) is 14.0. The van der Waals surface area contributed by atoms with Gasteiger partial charge in [-0.05, 0) is 71.2 Å². The summed E-state index contributed by atoms with van der Waals surface area (Å²) in [6.07, 6.45) is 0. The number of hydrogen-bond acceptors (Lipinski definition) is 3. The van der Waals surface area contributed by atoms with Crippen LogP contribution in [0.15, 0.2) is 54.6 Å². The topological polar surface area (TPSA) is 27.7 Å². The van der Waals surface area contributed by atoms with Crippen molar-refractivity contribution in [1.82, 2.24) is 0 Å². The van der Waals surface area contributed by atoms with Gasteiger partial charge in [0, 0.05) is 0 Å². The molecule has 0 heterocycles. The van der Waals surface area contributed by atoms with E-state index in [4.69, 9.17) is 14.2 Å². The first-order chi connectivity index (χ1) is 17.7. The molecule has 8 heteroatoms. The number of aryl methyl sites for hydroxylation is 3. The van der Waals surface area contributed by atoms with E-state index in [1.54, 1.807) is 21.3 Å². The summed E-state index contributed by atoms with van der Waals surface area (Å²) >= 11 is 0. The molecule has 0 fully saturated rings. The average molecular weight is 666 g/mol. The molecule has 4 aromatic carbocycles. The molecular formula is C33H39Cl3O3SiTi. The van der Waals surface area contributed by atoms with Crippen LogP contribution >= 0.6 is 0 Å². The van der Waals surface area contributed by atoms with Gasteiger partial charge in [0.25, 0.3) is 0 Å². The second-order valence-corrected chi connectivity index (χ2v) is 13.6. The largest absolute Gasteiger partial charge is 4.00 e. The van der Waals surface area contributed by atoms with Gasteiger partial charge in [0.05, 0.1) is 21.3 Å². The number of ether oxygens (including phenoxy) is 3. The molecule has 41 heavy (non-hydrogen) atoms. The van der Waals surface area contributed by atoms with Crippen LogP contribution in [0.1, 0.15) is 38.9 Å². The molecule has 0 aromatic heterocycles. The average Bonchev–Trinajstić information content (AvgIpc) is 3.08. The standard InChI is InChI=1S/C33H39O3Si.3ClH.Ti/c1-20-14-11-17-27(34-8)30(20)37(31-21(2)15-12-18-28(31)35-9,32-22(3)16-13-19-29(32)36-10)33-25(6)23(4)24(5)26(33)7;;;;/h11-19H,1-10H3;3*1H;/q-1;;;;+4/p-3. The Morgan fingerprint density at radius 3 is 1.00 bits per heavy atom. The molecule has 0 amide bonds. The van der Waals surface area contributed by atoms with Gasteiger partial charge >= 0.3 is 21.7 Å². The Morgan fingerprint density at radius 1 is 0.488 bits per heavy atom. The molecule has 0 spiro atoms. The maximum absolute atomic E-state index is 6.19. The van der Waals surface area contributed by atoms with Gasteiger partial charge in [-0.3, -0.25) is 0 Å². The van der Waals surface area contributed by atoms with E-state index in [9.17, 15) is 0 Å². The Bertz CT molecular complexity index is 1330. The summed E-state index contributed by atoms with van der Waals surface area (Å²) in [4.78, 5) is 0. The Morgan fingerprint density at radius 2 is 0.756 bits per heavy atom. The van der Waals surface area contributed by atoms with Gasteiger partial charge in [0.2, 0.25) is 0 Å². The minimum absolute atomic E-state index is 0. The third kappa shape index (κ3) is 6.16. The van der Waals surface area contributed by atoms with Crippen molar-refractivity contribution in [2.24, 2.45) is 0 Å². The molecule has 4 rings (SSSR count). The third-order valence-electron chi connectivity index (χ3n) is 8.30. The summed E-state index contributed by atoms with van der Waals surface area (Å²) in [6.45, 7) is 15.7. The quantitative estimate of drug-likeness (QED) is 0.115. The van der Waals surface area contributed by atoms with Gasteiger partial charge in [-0.1, -0.05) is 64.1 Å². The van der Waals surface area contributed by atoms with Crippen molar-refractivity contribution in [3.63, 3.8) is 0 Å². The van der Waals surface area contributed by atoms with Crippen molar-refractivity contribution in [2.75, 3.05) is 21.3 Å². The predicted molar refractivity (Wildman–Crippen MR) is 158 cm³/mol. The fourth-order valence-corrected chi connectivity index (χ4v) is 13.1. The zero-order valence-electron chi connectivity index (χ0n) is 25.6. The second-order valence-electron chi connectivity index (χ2n) is 10.1. The van der Waals surface area contributed by atoms with E-state index in [0.29, 0.717) is 0 Å². The van der Waals surface area contributed by atoms with Gasteiger partial charge < -0.3 is 51.4 Å². The molecule has 0 aliphatic carbocycles. The number of methoxy groups -OCH3 is 3. The molecule has 0 saturated heterocycles. The molecule has 218 valence electrons. The first-order valence-electron chi connectivity index (χ1n) is 12.8. The first kappa shape index (κ1) is 39.2. The van der Waals surface area contributed by atoms with E-state index in [1.165, 1.54) is 59.7 Å².